The van der Waals surface area contributed by atoms with E-state index in [1.54, 1.807) is 11.9 Å². The van der Waals surface area contributed by atoms with E-state index in [9.17, 15) is 4.57 Å². The molecule has 14 heavy (non-hydrogen) atoms. The van der Waals surface area contributed by atoms with Gasteiger partial charge in [-0.1, -0.05) is 31.5 Å². The molecule has 0 aromatic carbocycles. The van der Waals surface area contributed by atoms with Crippen molar-refractivity contribution in [2.24, 2.45) is 0 Å². The minimum atomic E-state index is -4.22. The first kappa shape index (κ1) is 12.1. The molecule has 1 fully saturated rings. The highest BCUT2D eigenvalue weighted by Gasteiger charge is 2.29. The summed E-state index contributed by atoms with van der Waals surface area (Å²) in [7, 11) is -2.54. The average molecular weight is 237 g/mol. The van der Waals surface area contributed by atoms with Gasteiger partial charge in [0.05, 0.1) is 0 Å². The minimum Gasteiger partial charge on any atom is -0.356 e. The first-order valence-corrected chi connectivity index (χ1v) is 6.78. The number of hydrogen-bond acceptors (Lipinski definition) is 2. The fourth-order valence-electron chi connectivity index (χ4n) is 1.83. The summed E-state index contributed by atoms with van der Waals surface area (Å²) in [4.78, 5) is 19.4. The lowest BCUT2D eigenvalue weighted by Gasteiger charge is -2.32. The van der Waals surface area contributed by atoms with Crippen LogP contribution < -0.4 is 0 Å². The second kappa shape index (κ2) is 4.71. The van der Waals surface area contributed by atoms with Crippen LogP contribution in [-0.2, 0) is 4.57 Å². The Balaban J connectivity index is 2.59. The highest BCUT2D eigenvalue weighted by atomic mass is 32.1. The monoisotopic (exact) mass is 237 g/mol. The van der Waals surface area contributed by atoms with Crippen LogP contribution in [0.4, 0.5) is 0 Å². The smallest absolute Gasteiger partial charge is 0.356 e. The van der Waals surface area contributed by atoms with E-state index in [-0.39, 0.29) is 10.8 Å². The summed E-state index contributed by atoms with van der Waals surface area (Å²) in [6.07, 6.45) is 5.43. The van der Waals surface area contributed by atoms with Crippen molar-refractivity contribution >= 4 is 24.5 Å². The van der Waals surface area contributed by atoms with Crippen LogP contribution in [0.25, 0.3) is 0 Å². The summed E-state index contributed by atoms with van der Waals surface area (Å²) in [5.74, 6) is 0. The first-order chi connectivity index (χ1) is 6.43. The van der Waals surface area contributed by atoms with Gasteiger partial charge in [-0.3, -0.25) is 4.57 Å². The van der Waals surface area contributed by atoms with E-state index in [2.05, 4.69) is 0 Å². The predicted molar refractivity (Wildman–Crippen MR) is 59.3 cm³/mol. The molecule has 0 saturated heterocycles. The Morgan fingerprint density at radius 3 is 2.29 bits per heavy atom. The standard InChI is InChI=1S/C8H16NO3PS/c1-9(8(14)13(10,11)12)7-5-3-2-4-6-7/h7H,2-6H2,1H3,(H2,10,11,12). The van der Waals surface area contributed by atoms with Crippen LogP contribution in [-0.4, -0.2) is 32.5 Å². The van der Waals surface area contributed by atoms with Gasteiger partial charge in [-0.15, -0.1) is 0 Å². The van der Waals surface area contributed by atoms with Gasteiger partial charge < -0.3 is 14.7 Å². The maximum atomic E-state index is 10.9. The summed E-state index contributed by atoms with van der Waals surface area (Å²) in [5.41, 5.74) is 0. The molecule has 1 rings (SSSR count). The van der Waals surface area contributed by atoms with Gasteiger partial charge in [-0.05, 0) is 12.8 Å². The molecule has 0 aromatic rings. The second-order valence-electron chi connectivity index (χ2n) is 3.73. The van der Waals surface area contributed by atoms with Gasteiger partial charge in [-0.2, -0.15) is 0 Å². The van der Waals surface area contributed by atoms with Crippen LogP contribution in [0.1, 0.15) is 32.1 Å². The second-order valence-corrected chi connectivity index (χ2v) is 5.93. The summed E-state index contributed by atoms with van der Waals surface area (Å²) < 4.78 is 10.7. The normalized spacial score (nSPS) is 19.4. The SMILES string of the molecule is CN(C(=S)P(=O)(O)O)C1CCCCC1. The fraction of sp³-hybridized carbons (Fsp3) is 0.875. The third-order valence-electron chi connectivity index (χ3n) is 2.67. The Morgan fingerprint density at radius 2 is 1.86 bits per heavy atom. The van der Waals surface area contributed by atoms with E-state index in [4.69, 9.17) is 22.0 Å². The van der Waals surface area contributed by atoms with Crippen molar-refractivity contribution in [2.45, 2.75) is 38.1 Å². The van der Waals surface area contributed by atoms with E-state index in [0.717, 1.165) is 25.7 Å². The largest absolute Gasteiger partial charge is 0.383 e. The highest BCUT2D eigenvalue weighted by Crippen LogP contribution is 2.39. The van der Waals surface area contributed by atoms with Crippen molar-refractivity contribution in [1.82, 2.24) is 4.90 Å². The molecule has 1 saturated carbocycles. The summed E-state index contributed by atoms with van der Waals surface area (Å²) in [6, 6.07) is 0.212. The number of rotatable bonds is 2. The zero-order valence-corrected chi connectivity index (χ0v) is 9.93. The lowest BCUT2D eigenvalue weighted by Crippen LogP contribution is -2.37. The number of thiocarbonyl (C=S) groups is 1. The first-order valence-electron chi connectivity index (χ1n) is 4.76. The lowest BCUT2D eigenvalue weighted by molar-refractivity contribution is 0.279. The van der Waals surface area contributed by atoms with E-state index in [1.165, 1.54) is 6.42 Å². The van der Waals surface area contributed by atoms with Crippen LogP contribution in [0.5, 0.6) is 0 Å². The van der Waals surface area contributed by atoms with E-state index in [0.29, 0.717) is 0 Å². The van der Waals surface area contributed by atoms with Crippen LogP contribution in [0.15, 0.2) is 0 Å². The summed E-state index contributed by atoms with van der Waals surface area (Å²) in [5, 5.41) is 0. The molecule has 0 aliphatic heterocycles. The van der Waals surface area contributed by atoms with Crippen molar-refractivity contribution in [3.8, 4) is 0 Å². The molecule has 6 heteroatoms. The lowest BCUT2D eigenvalue weighted by atomic mass is 9.95. The van der Waals surface area contributed by atoms with E-state index in [1.807, 2.05) is 0 Å². The van der Waals surface area contributed by atoms with Crippen LogP contribution in [0, 0.1) is 0 Å². The maximum Gasteiger partial charge on any atom is 0.383 e. The van der Waals surface area contributed by atoms with E-state index < -0.39 is 7.60 Å². The average Bonchev–Trinajstić information content (AvgIpc) is 2.15. The highest BCUT2D eigenvalue weighted by molar-refractivity contribution is 7.97. The molecule has 0 unspecified atom stereocenters. The van der Waals surface area contributed by atoms with Gasteiger partial charge in [-0.25, -0.2) is 0 Å². The molecule has 4 nitrogen and oxygen atoms in total. The summed E-state index contributed by atoms with van der Waals surface area (Å²) >= 11 is 4.76. The van der Waals surface area contributed by atoms with Gasteiger partial charge in [0.1, 0.15) is 0 Å². The molecule has 0 radical (unpaired) electrons. The minimum absolute atomic E-state index is 0.212. The molecule has 0 bridgehead atoms. The van der Waals surface area contributed by atoms with Crippen molar-refractivity contribution in [2.75, 3.05) is 7.05 Å². The van der Waals surface area contributed by atoms with Gasteiger partial charge in [0, 0.05) is 13.1 Å². The molecule has 0 aromatic heterocycles. The molecular formula is C8H16NO3PS. The molecular weight excluding hydrogens is 221 g/mol. The topological polar surface area (TPSA) is 60.8 Å². The van der Waals surface area contributed by atoms with Crippen LogP contribution in [0.2, 0.25) is 0 Å². The molecule has 82 valence electrons. The molecule has 0 spiro atoms. The number of nitrogens with zero attached hydrogens (tertiary/aromatic N) is 1. The van der Waals surface area contributed by atoms with Crippen molar-refractivity contribution in [1.29, 1.82) is 0 Å². The Morgan fingerprint density at radius 1 is 1.36 bits per heavy atom. The number of hydrogen-bond donors (Lipinski definition) is 2. The quantitative estimate of drug-likeness (QED) is 0.565. The Bertz CT molecular complexity index is 259. The zero-order valence-electron chi connectivity index (χ0n) is 8.22. The zero-order chi connectivity index (χ0) is 10.8. The summed E-state index contributed by atoms with van der Waals surface area (Å²) in [6.45, 7) is 0. The maximum absolute atomic E-state index is 10.9. The van der Waals surface area contributed by atoms with Crippen molar-refractivity contribution in [3.63, 3.8) is 0 Å². The van der Waals surface area contributed by atoms with Gasteiger partial charge in [0.2, 0.25) is 0 Å². The molecule has 0 amide bonds. The van der Waals surface area contributed by atoms with Crippen molar-refractivity contribution in [3.05, 3.63) is 0 Å². The van der Waals surface area contributed by atoms with Crippen LogP contribution >= 0.6 is 19.8 Å². The Kier molecular flexibility index (Phi) is 4.07. The third kappa shape index (κ3) is 3.02. The van der Waals surface area contributed by atoms with Gasteiger partial charge in [0.15, 0.2) is 4.73 Å². The Hall–Kier alpha value is 0.0400. The fourth-order valence-corrected chi connectivity index (χ4v) is 2.55. The molecule has 0 atom stereocenters. The van der Waals surface area contributed by atoms with Crippen LogP contribution in [0.3, 0.4) is 0 Å². The molecule has 1 aliphatic carbocycles. The predicted octanol–water partition coefficient (Wildman–Crippen LogP) is 1.71. The molecule has 2 N–H and O–H groups in total. The van der Waals surface area contributed by atoms with Crippen molar-refractivity contribution < 1.29 is 14.4 Å². The van der Waals surface area contributed by atoms with Gasteiger partial charge in [0.25, 0.3) is 0 Å². The molecule has 0 heterocycles. The molecule has 1 aliphatic rings. The van der Waals surface area contributed by atoms with E-state index >= 15 is 0 Å². The van der Waals surface area contributed by atoms with Gasteiger partial charge >= 0.3 is 7.60 Å². The Labute approximate surface area is 89.5 Å². The third-order valence-corrected chi connectivity index (χ3v) is 4.49.